The number of hydrogen-bond acceptors (Lipinski definition) is 6. The number of hydrogen-bond donors (Lipinski definition) is 3. The number of nitrogens with two attached hydrogens (primary N) is 1. The summed E-state index contributed by atoms with van der Waals surface area (Å²) in [6.45, 7) is 6.14. The molecule has 1 saturated heterocycles. The van der Waals surface area contributed by atoms with Crippen LogP contribution in [0.15, 0.2) is 22.4 Å². The van der Waals surface area contributed by atoms with Crippen molar-refractivity contribution in [3.8, 4) is 5.75 Å². The molecular weight excluding hydrogens is 500 g/mol. The number of thiophene rings is 1. The number of rotatable bonds is 7. The van der Waals surface area contributed by atoms with Crippen molar-refractivity contribution in [1.82, 2.24) is 4.31 Å². The van der Waals surface area contributed by atoms with Gasteiger partial charge in [-0.25, -0.2) is 17.2 Å². The van der Waals surface area contributed by atoms with Crippen LogP contribution in [0.4, 0.5) is 13.8 Å². The van der Waals surface area contributed by atoms with Crippen molar-refractivity contribution in [2.45, 2.75) is 63.2 Å². The van der Waals surface area contributed by atoms with Gasteiger partial charge in [0.25, 0.3) is 17.7 Å². The van der Waals surface area contributed by atoms with E-state index >= 15 is 0 Å². The molecule has 1 aromatic carbocycles. The monoisotopic (exact) mass is 529 g/mol. The van der Waals surface area contributed by atoms with Crippen molar-refractivity contribution in [2.24, 2.45) is 5.73 Å². The predicted molar refractivity (Wildman–Crippen MR) is 130 cm³/mol. The van der Waals surface area contributed by atoms with Crippen molar-refractivity contribution in [3.63, 3.8) is 0 Å². The molecule has 2 heterocycles. The van der Waals surface area contributed by atoms with Gasteiger partial charge in [-0.15, -0.1) is 11.3 Å². The molecular formula is C23H29F2N3O5S2. The fourth-order valence-electron chi connectivity index (χ4n) is 4.08. The molecule has 0 unspecified atom stereocenters. The molecule has 0 spiro atoms. The van der Waals surface area contributed by atoms with E-state index in [1.807, 2.05) is 0 Å². The summed E-state index contributed by atoms with van der Waals surface area (Å²) in [5.41, 5.74) is 5.61. The molecule has 1 aliphatic heterocycles. The third-order valence-electron chi connectivity index (χ3n) is 5.97. The molecule has 1 aliphatic rings. The Labute approximate surface area is 207 Å². The maximum Gasteiger partial charge on any atom is 0.260 e. The highest BCUT2D eigenvalue weighted by molar-refractivity contribution is 7.89. The molecule has 192 valence electrons. The summed E-state index contributed by atoms with van der Waals surface area (Å²) in [4.78, 5) is 24.6. The van der Waals surface area contributed by atoms with Crippen molar-refractivity contribution in [2.75, 3.05) is 18.4 Å². The largest absolute Gasteiger partial charge is 0.507 e. The normalized spacial score (nSPS) is 16.6. The van der Waals surface area contributed by atoms with Gasteiger partial charge in [-0.1, -0.05) is 27.7 Å². The molecule has 12 heteroatoms. The number of nitrogens with zero attached hydrogens (tertiary/aromatic N) is 1. The zero-order valence-electron chi connectivity index (χ0n) is 19.9. The number of piperidine rings is 1. The second kappa shape index (κ2) is 9.82. The number of alkyl halides is 2. The summed E-state index contributed by atoms with van der Waals surface area (Å²) in [6.07, 6.45) is -1.18. The quantitative estimate of drug-likeness (QED) is 0.487. The first-order chi connectivity index (χ1) is 16.2. The molecule has 1 aromatic heterocycles. The highest BCUT2D eigenvalue weighted by Gasteiger charge is 2.41. The Hall–Kier alpha value is -2.57. The van der Waals surface area contributed by atoms with E-state index in [2.05, 4.69) is 5.32 Å². The number of aromatic hydroxyl groups is 1. The van der Waals surface area contributed by atoms with Gasteiger partial charge in [-0.2, -0.15) is 4.31 Å². The Morgan fingerprint density at radius 1 is 1.14 bits per heavy atom. The van der Waals surface area contributed by atoms with E-state index in [1.54, 1.807) is 33.1 Å². The second-order valence-electron chi connectivity index (χ2n) is 9.16. The van der Waals surface area contributed by atoms with Gasteiger partial charge in [-0.05, 0) is 34.9 Å². The summed E-state index contributed by atoms with van der Waals surface area (Å²) >= 11 is 1.08. The fraction of sp³-hybridized carbons (Fsp3) is 0.478. The van der Waals surface area contributed by atoms with Gasteiger partial charge in [0.15, 0.2) is 0 Å². The van der Waals surface area contributed by atoms with E-state index < -0.39 is 52.3 Å². The molecule has 1 fully saturated rings. The lowest BCUT2D eigenvalue weighted by atomic mass is 9.91. The molecule has 3 rings (SSSR count). The van der Waals surface area contributed by atoms with Crippen LogP contribution >= 0.6 is 11.3 Å². The smallest absolute Gasteiger partial charge is 0.260 e. The summed E-state index contributed by atoms with van der Waals surface area (Å²) in [5.74, 6) is -5.80. The average Bonchev–Trinajstić information content (AvgIpc) is 3.20. The molecule has 4 N–H and O–H groups in total. The van der Waals surface area contributed by atoms with E-state index in [0.29, 0.717) is 0 Å². The van der Waals surface area contributed by atoms with Crippen molar-refractivity contribution < 1.29 is 31.9 Å². The first-order valence-electron chi connectivity index (χ1n) is 11.1. The molecule has 0 saturated carbocycles. The van der Waals surface area contributed by atoms with Crippen LogP contribution in [0, 0.1) is 0 Å². The minimum absolute atomic E-state index is 0.0417. The van der Waals surface area contributed by atoms with Crippen LogP contribution < -0.4 is 11.1 Å². The number of carbonyl (C=O) groups excluding carboxylic acids is 2. The number of benzene rings is 1. The van der Waals surface area contributed by atoms with Crippen LogP contribution in [0.1, 0.15) is 84.2 Å². The van der Waals surface area contributed by atoms with Crippen LogP contribution in [0.25, 0.3) is 0 Å². The zero-order valence-corrected chi connectivity index (χ0v) is 21.5. The van der Waals surface area contributed by atoms with Gasteiger partial charge >= 0.3 is 0 Å². The lowest BCUT2D eigenvalue weighted by Crippen LogP contribution is -2.43. The van der Waals surface area contributed by atoms with Crippen LogP contribution in [0.3, 0.4) is 0 Å². The molecule has 2 aromatic rings. The van der Waals surface area contributed by atoms with E-state index in [4.69, 9.17) is 5.73 Å². The Bertz CT molecular complexity index is 1250. The highest BCUT2D eigenvalue weighted by atomic mass is 32.2. The number of primary amides is 1. The Morgan fingerprint density at radius 2 is 1.74 bits per heavy atom. The van der Waals surface area contributed by atoms with Gasteiger partial charge in [0, 0.05) is 31.5 Å². The lowest BCUT2D eigenvalue weighted by molar-refractivity contribution is -0.0412. The van der Waals surface area contributed by atoms with E-state index in [0.717, 1.165) is 15.6 Å². The molecule has 0 atom stereocenters. The van der Waals surface area contributed by atoms with Crippen molar-refractivity contribution >= 4 is 38.2 Å². The first kappa shape index (κ1) is 27.0. The Morgan fingerprint density at radius 3 is 2.26 bits per heavy atom. The number of nitrogens with one attached hydrogen (secondary N) is 1. The zero-order chi connectivity index (χ0) is 26.3. The van der Waals surface area contributed by atoms with Gasteiger partial charge in [-0.3, -0.25) is 9.59 Å². The maximum absolute atomic E-state index is 13.7. The minimum atomic E-state index is -4.25. The van der Waals surface area contributed by atoms with Crippen molar-refractivity contribution in [1.29, 1.82) is 0 Å². The van der Waals surface area contributed by atoms with Crippen LogP contribution in [-0.2, 0) is 10.0 Å². The van der Waals surface area contributed by atoms with E-state index in [9.17, 15) is 31.9 Å². The first-order valence-corrected chi connectivity index (χ1v) is 13.5. The van der Waals surface area contributed by atoms with E-state index in [1.165, 1.54) is 12.1 Å². The maximum atomic E-state index is 13.7. The number of anilines is 1. The Balaban J connectivity index is 2.15. The third-order valence-corrected chi connectivity index (χ3v) is 8.82. The topological polar surface area (TPSA) is 130 Å². The summed E-state index contributed by atoms with van der Waals surface area (Å²) in [6, 6.07) is 2.77. The molecule has 8 nitrogen and oxygen atoms in total. The number of carbonyl (C=O) groups is 2. The number of phenolic OH excluding ortho intramolecular Hbond substituents is 1. The predicted octanol–water partition coefficient (Wildman–Crippen LogP) is 4.47. The van der Waals surface area contributed by atoms with Gasteiger partial charge in [0.2, 0.25) is 10.0 Å². The third kappa shape index (κ3) is 5.34. The molecule has 2 amide bonds. The number of amides is 2. The van der Waals surface area contributed by atoms with Gasteiger partial charge in [0.1, 0.15) is 10.8 Å². The van der Waals surface area contributed by atoms with Crippen LogP contribution in [-0.4, -0.2) is 48.7 Å². The van der Waals surface area contributed by atoms with Gasteiger partial charge < -0.3 is 16.2 Å². The van der Waals surface area contributed by atoms with Crippen LogP contribution in [0.5, 0.6) is 5.75 Å². The average molecular weight is 530 g/mol. The summed E-state index contributed by atoms with van der Waals surface area (Å²) in [7, 11) is -4.25. The second-order valence-corrected chi connectivity index (χ2v) is 11.9. The molecule has 0 radical (unpaired) electrons. The van der Waals surface area contributed by atoms with E-state index in [-0.39, 0.29) is 51.2 Å². The summed E-state index contributed by atoms with van der Waals surface area (Å²) in [5, 5.41) is 15.5. The highest BCUT2D eigenvalue weighted by Crippen LogP contribution is 2.43. The summed E-state index contributed by atoms with van der Waals surface area (Å²) < 4.78 is 55.7. The number of sulfonamides is 1. The fourth-order valence-corrected chi connectivity index (χ4v) is 6.99. The lowest BCUT2D eigenvalue weighted by Gasteiger charge is -2.33. The van der Waals surface area contributed by atoms with Gasteiger partial charge in [0.05, 0.1) is 16.0 Å². The number of phenols is 1. The molecule has 0 bridgehead atoms. The number of halogens is 2. The standard InChI is InChI=1S/C23H29F2N3O5S2/c1-12(2)15-11-16(21(31)27-22-14(20(26)30)5-10-34-22)18(29)17(13(3)4)19(15)35(32,33)28-8-6-23(24,25)7-9-28/h5,10-13,29H,6-9H2,1-4H3,(H2,26,30)(H,27,31). The SMILES string of the molecule is CC(C)c1cc(C(=O)Nc2sccc2C(N)=O)c(O)c(C(C)C)c1S(=O)(=O)N1CCC(F)(F)CC1. The Kier molecular flexibility index (Phi) is 7.59. The van der Waals surface area contributed by atoms with Crippen molar-refractivity contribution in [3.05, 3.63) is 39.8 Å². The molecule has 35 heavy (non-hydrogen) atoms. The molecule has 0 aliphatic carbocycles. The minimum Gasteiger partial charge on any atom is -0.507 e. The van der Waals surface area contributed by atoms with Crippen LogP contribution in [0.2, 0.25) is 0 Å².